The van der Waals surface area contributed by atoms with Gasteiger partial charge in [0.25, 0.3) is 0 Å². The third-order valence-electron chi connectivity index (χ3n) is 0.967. The van der Waals surface area contributed by atoms with Gasteiger partial charge >= 0.3 is 26.6 Å². The van der Waals surface area contributed by atoms with Crippen LogP contribution in [0.3, 0.4) is 0 Å². The first-order chi connectivity index (χ1) is 3.93. The van der Waals surface area contributed by atoms with E-state index in [2.05, 4.69) is 11.6 Å². The van der Waals surface area contributed by atoms with E-state index in [0.717, 1.165) is 25.5 Å². The molecule has 52 valence electrons. The van der Waals surface area contributed by atoms with E-state index in [-0.39, 0.29) is 26.6 Å². The standard InChI is InChI=1S/C6H9NO.Po.2H/c1-2-3-6-7-4-5-8-6;;;/h2H,1,3-5H2;;;. The number of rotatable bonds is 2. The second kappa shape index (κ2) is 4.94. The summed E-state index contributed by atoms with van der Waals surface area (Å²) in [6.45, 7) is 5.14. The van der Waals surface area contributed by atoms with E-state index >= 15 is 0 Å². The molecule has 0 aromatic rings. The van der Waals surface area contributed by atoms with E-state index in [0.29, 0.717) is 0 Å². The zero-order valence-electron chi connectivity index (χ0n) is 5.26. The molecule has 0 aromatic heterocycles. The van der Waals surface area contributed by atoms with Crippen molar-refractivity contribution in [2.24, 2.45) is 4.99 Å². The molecule has 1 aliphatic rings. The van der Waals surface area contributed by atoms with E-state index in [1.165, 1.54) is 0 Å². The van der Waals surface area contributed by atoms with Gasteiger partial charge in [0.1, 0.15) is 6.61 Å². The normalized spacial score (nSPS) is 15.3. The monoisotopic (exact) mass is 322 g/mol. The molecule has 0 spiro atoms. The summed E-state index contributed by atoms with van der Waals surface area (Å²) in [5.74, 6) is 0.833. The second-order valence-corrected chi connectivity index (χ2v) is 1.62. The SMILES string of the molecule is C=CCC1=NCCO1.[PoH2]. The van der Waals surface area contributed by atoms with Crippen molar-refractivity contribution < 1.29 is 4.74 Å². The summed E-state index contributed by atoms with van der Waals surface area (Å²) in [5.41, 5.74) is 0. The third-order valence-corrected chi connectivity index (χ3v) is 0.967. The Hall–Kier alpha value is 0.106. The molecule has 0 N–H and O–H groups in total. The first-order valence-electron chi connectivity index (χ1n) is 2.70. The molecule has 0 fully saturated rings. The summed E-state index contributed by atoms with van der Waals surface area (Å²) in [6.07, 6.45) is 2.57. The van der Waals surface area contributed by atoms with Crippen LogP contribution in [0.2, 0.25) is 0 Å². The summed E-state index contributed by atoms with van der Waals surface area (Å²) < 4.78 is 5.07. The second-order valence-electron chi connectivity index (χ2n) is 1.62. The summed E-state index contributed by atoms with van der Waals surface area (Å²) in [7, 11) is 0. The molecular formula is C6H11NOPo. The maximum absolute atomic E-state index is 5.07. The van der Waals surface area contributed by atoms with Gasteiger partial charge in [-0.25, -0.2) is 0 Å². The molecule has 0 aliphatic carbocycles. The number of aliphatic imine (C=N–C) groups is 1. The molecule has 1 aliphatic heterocycles. The molecule has 0 saturated heterocycles. The molecule has 0 unspecified atom stereocenters. The van der Waals surface area contributed by atoms with Crippen LogP contribution in [0.1, 0.15) is 6.42 Å². The zero-order valence-corrected chi connectivity index (χ0v) is 9.15. The van der Waals surface area contributed by atoms with Crippen LogP contribution in [0.5, 0.6) is 0 Å². The third kappa shape index (κ3) is 2.96. The van der Waals surface area contributed by atoms with Gasteiger partial charge in [-0.1, -0.05) is 6.08 Å². The molecular weight excluding hydrogens is 311 g/mol. The van der Waals surface area contributed by atoms with Crippen LogP contribution in [0, 0.1) is 0 Å². The van der Waals surface area contributed by atoms with Crippen molar-refractivity contribution in [3.8, 4) is 0 Å². The Morgan fingerprint density at radius 1 is 1.78 bits per heavy atom. The molecule has 0 atom stereocenters. The molecule has 3 heteroatoms. The maximum atomic E-state index is 5.07. The van der Waals surface area contributed by atoms with Crippen molar-refractivity contribution in [2.45, 2.75) is 6.42 Å². The van der Waals surface area contributed by atoms with Crippen molar-refractivity contribution in [1.82, 2.24) is 0 Å². The average molecular weight is 322 g/mol. The van der Waals surface area contributed by atoms with Gasteiger partial charge in [-0.3, -0.25) is 4.99 Å². The minimum atomic E-state index is 0. The molecule has 0 bridgehead atoms. The van der Waals surface area contributed by atoms with E-state index in [9.17, 15) is 0 Å². The van der Waals surface area contributed by atoms with Crippen LogP contribution in [0.4, 0.5) is 0 Å². The Morgan fingerprint density at radius 3 is 3.00 bits per heavy atom. The molecule has 1 rings (SSSR count). The van der Waals surface area contributed by atoms with Crippen LogP contribution < -0.4 is 0 Å². The Labute approximate surface area is 74.5 Å². The molecule has 0 aromatic carbocycles. The van der Waals surface area contributed by atoms with E-state index in [1.54, 1.807) is 6.08 Å². The molecule has 0 saturated carbocycles. The van der Waals surface area contributed by atoms with Crippen molar-refractivity contribution in [3.63, 3.8) is 0 Å². The zero-order chi connectivity index (χ0) is 5.82. The molecule has 2 nitrogen and oxygen atoms in total. The Morgan fingerprint density at radius 2 is 2.56 bits per heavy atom. The minimum absolute atomic E-state index is 0. The summed E-state index contributed by atoms with van der Waals surface area (Å²) in [4.78, 5) is 4.05. The van der Waals surface area contributed by atoms with Crippen molar-refractivity contribution in [2.75, 3.05) is 13.2 Å². The van der Waals surface area contributed by atoms with Gasteiger partial charge < -0.3 is 4.74 Å². The van der Waals surface area contributed by atoms with Crippen LogP contribution in [-0.4, -0.2) is 45.6 Å². The van der Waals surface area contributed by atoms with Crippen molar-refractivity contribution in [3.05, 3.63) is 12.7 Å². The van der Waals surface area contributed by atoms with Gasteiger partial charge in [0, 0.05) is 6.42 Å². The van der Waals surface area contributed by atoms with Gasteiger partial charge in [-0.2, -0.15) is 0 Å². The van der Waals surface area contributed by atoms with Gasteiger partial charge in [0.15, 0.2) is 5.90 Å². The Bertz CT molecular complexity index is 122. The van der Waals surface area contributed by atoms with Crippen molar-refractivity contribution in [1.29, 1.82) is 0 Å². The molecule has 1 heterocycles. The quantitative estimate of drug-likeness (QED) is 0.660. The Kier molecular flexibility index (Phi) is 4.99. The topological polar surface area (TPSA) is 21.6 Å². The van der Waals surface area contributed by atoms with Crippen LogP contribution in [0.15, 0.2) is 17.6 Å². The molecule has 0 radical (unpaired) electrons. The first-order valence-corrected chi connectivity index (χ1v) is 2.70. The number of hydrogen-bond acceptors (Lipinski definition) is 2. The van der Waals surface area contributed by atoms with Crippen molar-refractivity contribution >= 4 is 32.5 Å². The fraction of sp³-hybridized carbons (Fsp3) is 0.500. The van der Waals surface area contributed by atoms with Gasteiger partial charge in [0.2, 0.25) is 0 Å². The number of nitrogens with zero attached hydrogens (tertiary/aromatic N) is 1. The summed E-state index contributed by atoms with van der Waals surface area (Å²) >= 11 is 0. The molecule has 9 heavy (non-hydrogen) atoms. The first kappa shape index (κ1) is 9.11. The van der Waals surface area contributed by atoms with Crippen LogP contribution in [0.25, 0.3) is 0 Å². The van der Waals surface area contributed by atoms with E-state index in [1.807, 2.05) is 0 Å². The van der Waals surface area contributed by atoms with Gasteiger partial charge in [0.05, 0.1) is 6.54 Å². The summed E-state index contributed by atoms with van der Waals surface area (Å²) in [5, 5.41) is 0. The van der Waals surface area contributed by atoms with Gasteiger partial charge in [-0.05, 0) is 0 Å². The van der Waals surface area contributed by atoms with E-state index < -0.39 is 0 Å². The summed E-state index contributed by atoms with van der Waals surface area (Å²) in [6, 6.07) is 0. The molecule has 0 amide bonds. The van der Waals surface area contributed by atoms with Crippen LogP contribution >= 0.6 is 0 Å². The van der Waals surface area contributed by atoms with E-state index in [4.69, 9.17) is 4.74 Å². The predicted octanol–water partition coefficient (Wildman–Crippen LogP) is 0.0750. The predicted molar refractivity (Wildman–Crippen MR) is 41.6 cm³/mol. The van der Waals surface area contributed by atoms with Crippen LogP contribution in [-0.2, 0) is 4.74 Å². The fourth-order valence-corrected chi connectivity index (χ4v) is 0.626. The average Bonchev–Trinajstić information content (AvgIpc) is 2.19. The number of hydrogen-bond donors (Lipinski definition) is 0. The fourth-order valence-electron chi connectivity index (χ4n) is 0.626. The van der Waals surface area contributed by atoms with Gasteiger partial charge in [-0.15, -0.1) is 6.58 Å². The number of ether oxygens (including phenoxy) is 1. The Balaban J connectivity index is 0.000000640.